The third kappa shape index (κ3) is 24.5. The molecule has 1 N–H and O–H groups in total. The lowest BCUT2D eigenvalue weighted by Gasteiger charge is -2.28. The molecule has 0 rings (SSSR count). The number of unbranched alkanes of at least 4 members (excludes halogenated alkanes) is 13. The van der Waals surface area contributed by atoms with Gasteiger partial charge in [0.2, 0.25) is 5.91 Å². The number of carbonyl (C=O) groups excluding carboxylic acids is 1. The summed E-state index contributed by atoms with van der Waals surface area (Å²) in [6, 6.07) is -0.316. The Balaban J connectivity index is 3.85. The second-order valence-electron chi connectivity index (χ2n) is 10.4. The maximum Gasteiger partial charge on any atom is 0.268 e. The molecule has 0 fully saturated rings. The highest BCUT2D eigenvalue weighted by Crippen LogP contribution is 2.38. The molecule has 0 bridgehead atoms. The monoisotopic (exact) mass is 492 g/mol. The zero-order chi connectivity index (χ0) is 25.0. The van der Waals surface area contributed by atoms with Crippen molar-refractivity contribution in [2.45, 2.75) is 116 Å². The molecule has 0 aromatic carbocycles. The Morgan fingerprint density at radius 1 is 0.848 bits per heavy atom. The summed E-state index contributed by atoms with van der Waals surface area (Å²) < 4.78 is 22.5. The zero-order valence-corrected chi connectivity index (χ0v) is 23.1. The predicted molar refractivity (Wildman–Crippen MR) is 135 cm³/mol. The molecule has 8 heteroatoms. The lowest BCUT2D eigenvalue weighted by Crippen LogP contribution is -2.38. The van der Waals surface area contributed by atoms with Gasteiger partial charge in [-0.1, -0.05) is 96.8 Å². The number of carbonyl (C=O) groups is 1. The first-order chi connectivity index (χ1) is 15.6. The predicted octanol–water partition coefficient (Wildman–Crippen LogP) is 5.57. The van der Waals surface area contributed by atoms with Crippen molar-refractivity contribution in [3.05, 3.63) is 0 Å². The van der Waals surface area contributed by atoms with Crippen LogP contribution in [0.5, 0.6) is 0 Å². The van der Waals surface area contributed by atoms with Crippen molar-refractivity contribution >= 4 is 13.7 Å². The summed E-state index contributed by atoms with van der Waals surface area (Å²) in [5, 5.41) is 2.80. The van der Waals surface area contributed by atoms with E-state index in [9.17, 15) is 14.3 Å². The van der Waals surface area contributed by atoms with E-state index in [4.69, 9.17) is 9.05 Å². The molecule has 0 saturated heterocycles. The number of hydrogen-bond acceptors (Lipinski definition) is 5. The van der Waals surface area contributed by atoms with Crippen molar-refractivity contribution in [1.82, 2.24) is 5.32 Å². The number of nitrogens with one attached hydrogen (secondary N) is 1. The van der Waals surface area contributed by atoms with Gasteiger partial charge in [0.25, 0.3) is 7.82 Å². The molecule has 0 aliphatic rings. The summed E-state index contributed by atoms with van der Waals surface area (Å²) in [6.07, 6.45) is 18.7. The minimum Gasteiger partial charge on any atom is -0.756 e. The Kier molecular flexibility index (Phi) is 19.5. The fourth-order valence-corrected chi connectivity index (χ4v) is 4.46. The van der Waals surface area contributed by atoms with Crippen molar-refractivity contribution in [1.29, 1.82) is 0 Å². The van der Waals surface area contributed by atoms with Crippen LogP contribution in [0.25, 0.3) is 0 Å². The smallest absolute Gasteiger partial charge is 0.268 e. The number of phosphoric ester groups is 1. The van der Waals surface area contributed by atoms with Gasteiger partial charge in [0.15, 0.2) is 0 Å². The van der Waals surface area contributed by atoms with Crippen molar-refractivity contribution in [3.63, 3.8) is 0 Å². The van der Waals surface area contributed by atoms with Gasteiger partial charge >= 0.3 is 0 Å². The molecule has 0 spiro atoms. The minimum atomic E-state index is -4.36. The number of amides is 1. The topological polar surface area (TPSA) is 87.7 Å². The van der Waals surface area contributed by atoms with Crippen LogP contribution in [-0.2, 0) is 18.4 Å². The number of phosphoric acid groups is 1. The highest BCUT2D eigenvalue weighted by Gasteiger charge is 2.17. The van der Waals surface area contributed by atoms with Crippen LogP contribution in [0.2, 0.25) is 0 Å². The van der Waals surface area contributed by atoms with E-state index in [-0.39, 0.29) is 25.2 Å². The van der Waals surface area contributed by atoms with Crippen LogP contribution in [0.1, 0.15) is 110 Å². The standard InChI is InChI=1S/C25H53N2O5P/c1-6-7-8-9-10-11-12-13-14-15-16-17-18-19-20-25(26-24(2)28)23-32-33(29,30)31-22-21-27(3,4)5/h25H,6-23H2,1-5H3,(H-,26,28,29,30)/t25-/m1/s1. The van der Waals surface area contributed by atoms with Crippen molar-refractivity contribution in [2.75, 3.05) is 40.9 Å². The molecule has 0 aliphatic carbocycles. The summed E-state index contributed by atoms with van der Waals surface area (Å²) >= 11 is 0. The molecule has 2 atom stereocenters. The number of quaternary nitrogens is 1. The number of nitrogens with zero attached hydrogens (tertiary/aromatic N) is 1. The average molecular weight is 493 g/mol. The molecule has 0 radical (unpaired) electrons. The fourth-order valence-electron chi connectivity index (χ4n) is 3.71. The summed E-state index contributed by atoms with van der Waals surface area (Å²) in [7, 11) is 1.52. The summed E-state index contributed by atoms with van der Waals surface area (Å²) in [6.45, 7) is 4.25. The molecule has 7 nitrogen and oxygen atoms in total. The van der Waals surface area contributed by atoms with E-state index in [0.29, 0.717) is 17.4 Å². The van der Waals surface area contributed by atoms with E-state index < -0.39 is 7.82 Å². The minimum absolute atomic E-state index is 0.0774. The van der Waals surface area contributed by atoms with Gasteiger partial charge in [0.1, 0.15) is 13.2 Å². The highest BCUT2D eigenvalue weighted by molar-refractivity contribution is 7.45. The quantitative estimate of drug-likeness (QED) is 0.114. The Hall–Kier alpha value is -0.460. The first-order valence-corrected chi connectivity index (χ1v) is 14.7. The second kappa shape index (κ2) is 19.8. The Bertz CT molecular complexity index is 525. The van der Waals surface area contributed by atoms with Crippen LogP contribution in [0.3, 0.4) is 0 Å². The van der Waals surface area contributed by atoms with Crippen LogP contribution in [0.4, 0.5) is 0 Å². The number of hydrogen-bond donors (Lipinski definition) is 1. The Morgan fingerprint density at radius 3 is 1.73 bits per heavy atom. The van der Waals surface area contributed by atoms with Gasteiger partial charge in [-0.3, -0.25) is 9.36 Å². The van der Waals surface area contributed by atoms with Crippen LogP contribution in [0.15, 0.2) is 0 Å². The Morgan fingerprint density at radius 2 is 1.30 bits per heavy atom. The van der Waals surface area contributed by atoms with Gasteiger partial charge in [-0.15, -0.1) is 0 Å². The normalized spacial score (nSPS) is 14.7. The summed E-state index contributed by atoms with van der Waals surface area (Å²) in [5.41, 5.74) is 0. The van der Waals surface area contributed by atoms with E-state index in [1.54, 1.807) is 0 Å². The lowest BCUT2D eigenvalue weighted by molar-refractivity contribution is -0.870. The van der Waals surface area contributed by atoms with Gasteiger partial charge in [-0.05, 0) is 6.42 Å². The highest BCUT2D eigenvalue weighted by atomic mass is 31.2. The largest absolute Gasteiger partial charge is 0.756 e. The first kappa shape index (κ1) is 32.5. The van der Waals surface area contributed by atoms with Gasteiger partial charge in [-0.25, -0.2) is 0 Å². The van der Waals surface area contributed by atoms with Crippen LogP contribution < -0.4 is 10.2 Å². The van der Waals surface area contributed by atoms with Crippen LogP contribution in [0, 0.1) is 0 Å². The molecule has 0 aromatic heterocycles. The maximum absolute atomic E-state index is 12.0. The van der Waals surface area contributed by atoms with Gasteiger partial charge < -0.3 is 23.7 Å². The van der Waals surface area contributed by atoms with Crippen molar-refractivity contribution in [3.8, 4) is 0 Å². The summed E-state index contributed by atoms with van der Waals surface area (Å²) in [4.78, 5) is 23.4. The molecular weight excluding hydrogens is 439 g/mol. The van der Waals surface area contributed by atoms with Gasteiger partial charge in [0, 0.05) is 6.92 Å². The fraction of sp³-hybridized carbons (Fsp3) is 0.960. The second-order valence-corrected chi connectivity index (χ2v) is 11.8. The first-order valence-electron chi connectivity index (χ1n) is 13.2. The summed E-state index contributed by atoms with van der Waals surface area (Å²) in [5.74, 6) is -0.180. The SMILES string of the molecule is CCCCCCCCCCCCCCCC[C@H](COP(=O)([O-])OCC[N+](C)(C)C)NC(C)=O. The molecule has 1 unspecified atom stereocenters. The van der Waals surface area contributed by atoms with E-state index >= 15 is 0 Å². The van der Waals surface area contributed by atoms with E-state index in [1.165, 1.54) is 84.0 Å². The van der Waals surface area contributed by atoms with Gasteiger partial charge in [0.05, 0.1) is 33.8 Å². The molecule has 0 aliphatic heterocycles. The van der Waals surface area contributed by atoms with Crippen molar-refractivity contribution in [2.24, 2.45) is 0 Å². The Labute approximate surface area is 204 Å². The lowest BCUT2D eigenvalue weighted by atomic mass is 10.0. The number of likely N-dealkylation sites (N-methyl/N-ethyl adjacent to an activating group) is 1. The molecule has 0 heterocycles. The van der Waals surface area contributed by atoms with Crippen LogP contribution in [-0.4, -0.2) is 57.3 Å². The maximum atomic E-state index is 12.0. The van der Waals surface area contributed by atoms with Crippen LogP contribution >= 0.6 is 7.82 Å². The molecule has 0 aromatic rings. The van der Waals surface area contributed by atoms with E-state index in [2.05, 4.69) is 12.2 Å². The molecule has 33 heavy (non-hydrogen) atoms. The van der Waals surface area contributed by atoms with E-state index in [1.807, 2.05) is 21.1 Å². The molecule has 1 amide bonds. The van der Waals surface area contributed by atoms with E-state index in [0.717, 1.165) is 12.8 Å². The average Bonchev–Trinajstić information content (AvgIpc) is 2.70. The zero-order valence-electron chi connectivity index (χ0n) is 22.2. The van der Waals surface area contributed by atoms with Crippen molar-refractivity contribution < 1.29 is 27.8 Å². The molecule has 198 valence electrons. The van der Waals surface area contributed by atoms with Gasteiger partial charge in [-0.2, -0.15) is 0 Å². The number of rotatable bonds is 23. The molecule has 0 saturated carbocycles. The molecular formula is C25H53N2O5P. The third-order valence-corrected chi connectivity index (χ3v) is 6.72. The third-order valence-electron chi connectivity index (χ3n) is 5.76.